The number of halogens is 1. The van der Waals surface area contributed by atoms with Gasteiger partial charge >= 0.3 is 0 Å². The number of carbonyl (C=O) groups is 1. The van der Waals surface area contributed by atoms with Crippen molar-refractivity contribution in [3.8, 4) is 0 Å². The molecule has 2 aromatic carbocycles. The quantitative estimate of drug-likeness (QED) is 0.841. The standard InChI is InChI=1S/C19H17FO4S/c1-19(2)18(21)16(12-7-6-8-13(20)11-12)17(24-19)14-9-4-5-10-15(14)25(3,22)23/h4-11H,1-3H3. The van der Waals surface area contributed by atoms with Gasteiger partial charge in [0, 0.05) is 11.8 Å². The first-order chi connectivity index (χ1) is 11.6. The van der Waals surface area contributed by atoms with Crippen LogP contribution in [0.25, 0.3) is 11.3 Å². The van der Waals surface area contributed by atoms with Crippen LogP contribution in [0.2, 0.25) is 0 Å². The van der Waals surface area contributed by atoms with Crippen molar-refractivity contribution in [2.24, 2.45) is 0 Å². The molecule has 0 saturated heterocycles. The predicted octanol–water partition coefficient (Wildman–Crippen LogP) is 3.48. The summed E-state index contributed by atoms with van der Waals surface area (Å²) < 4.78 is 43.8. The number of hydrogen-bond acceptors (Lipinski definition) is 4. The molecule has 6 heteroatoms. The number of ketones is 1. The lowest BCUT2D eigenvalue weighted by atomic mass is 9.92. The van der Waals surface area contributed by atoms with Crippen LogP contribution >= 0.6 is 0 Å². The fourth-order valence-corrected chi connectivity index (χ4v) is 3.72. The molecule has 0 aromatic heterocycles. The SMILES string of the molecule is CC1(C)OC(c2ccccc2S(C)(=O)=O)=C(c2cccc(F)c2)C1=O. The van der Waals surface area contributed by atoms with E-state index in [1.54, 1.807) is 38.1 Å². The summed E-state index contributed by atoms with van der Waals surface area (Å²) in [7, 11) is -3.54. The van der Waals surface area contributed by atoms with E-state index in [9.17, 15) is 17.6 Å². The third kappa shape index (κ3) is 3.09. The van der Waals surface area contributed by atoms with Crippen LogP contribution in [-0.4, -0.2) is 26.1 Å². The van der Waals surface area contributed by atoms with E-state index in [1.165, 1.54) is 24.3 Å². The van der Waals surface area contributed by atoms with Gasteiger partial charge in [-0.15, -0.1) is 0 Å². The maximum absolute atomic E-state index is 13.7. The summed E-state index contributed by atoms with van der Waals surface area (Å²) in [5.41, 5.74) is -0.334. The summed E-state index contributed by atoms with van der Waals surface area (Å²) in [6.07, 6.45) is 1.09. The van der Waals surface area contributed by atoms with Crippen LogP contribution in [0.3, 0.4) is 0 Å². The van der Waals surface area contributed by atoms with Crippen molar-refractivity contribution in [3.63, 3.8) is 0 Å². The molecule has 2 aromatic rings. The molecule has 1 aliphatic heterocycles. The van der Waals surface area contributed by atoms with Crippen LogP contribution in [0.4, 0.5) is 4.39 Å². The molecule has 3 rings (SSSR count). The largest absolute Gasteiger partial charge is 0.478 e. The summed E-state index contributed by atoms with van der Waals surface area (Å²) in [5.74, 6) is -0.656. The summed E-state index contributed by atoms with van der Waals surface area (Å²) in [4.78, 5) is 12.9. The van der Waals surface area contributed by atoms with Gasteiger partial charge in [0.05, 0.1) is 10.5 Å². The summed E-state index contributed by atoms with van der Waals surface area (Å²) >= 11 is 0. The summed E-state index contributed by atoms with van der Waals surface area (Å²) in [6.45, 7) is 3.20. The van der Waals surface area contributed by atoms with Crippen molar-refractivity contribution in [1.29, 1.82) is 0 Å². The third-order valence-electron chi connectivity index (χ3n) is 4.00. The van der Waals surface area contributed by atoms with Gasteiger partial charge in [0.1, 0.15) is 11.6 Å². The van der Waals surface area contributed by atoms with Crippen molar-refractivity contribution in [1.82, 2.24) is 0 Å². The van der Waals surface area contributed by atoms with Gasteiger partial charge in [0.25, 0.3) is 0 Å². The van der Waals surface area contributed by atoms with Crippen molar-refractivity contribution >= 4 is 27.0 Å². The van der Waals surface area contributed by atoms with E-state index >= 15 is 0 Å². The molecule has 0 radical (unpaired) electrons. The van der Waals surface area contributed by atoms with Crippen LogP contribution < -0.4 is 0 Å². The predicted molar refractivity (Wildman–Crippen MR) is 92.9 cm³/mol. The molecule has 0 bridgehead atoms. The monoisotopic (exact) mass is 360 g/mol. The van der Waals surface area contributed by atoms with Crippen LogP contribution in [-0.2, 0) is 19.4 Å². The van der Waals surface area contributed by atoms with E-state index in [1.807, 2.05) is 0 Å². The lowest BCUT2D eigenvalue weighted by Crippen LogP contribution is -2.29. The zero-order chi connectivity index (χ0) is 18.4. The summed E-state index contributed by atoms with van der Waals surface area (Å²) in [6, 6.07) is 11.9. The van der Waals surface area contributed by atoms with Gasteiger partial charge in [-0.25, -0.2) is 12.8 Å². The minimum Gasteiger partial charge on any atom is -0.478 e. The smallest absolute Gasteiger partial charge is 0.210 e. The Morgan fingerprint density at radius 2 is 1.72 bits per heavy atom. The Morgan fingerprint density at radius 1 is 1.04 bits per heavy atom. The maximum Gasteiger partial charge on any atom is 0.210 e. The molecule has 1 aliphatic rings. The number of rotatable bonds is 3. The third-order valence-corrected chi connectivity index (χ3v) is 5.16. The highest BCUT2D eigenvalue weighted by Crippen LogP contribution is 2.42. The minimum atomic E-state index is -3.54. The lowest BCUT2D eigenvalue weighted by molar-refractivity contribution is -0.125. The number of ether oxygens (including phenoxy) is 1. The van der Waals surface area contributed by atoms with Gasteiger partial charge in [0.15, 0.2) is 15.4 Å². The normalized spacial score (nSPS) is 16.9. The molecule has 0 unspecified atom stereocenters. The second-order valence-corrected chi connectivity index (χ2v) is 8.41. The number of carbonyl (C=O) groups excluding carboxylic acids is 1. The molecule has 130 valence electrons. The van der Waals surface area contributed by atoms with Gasteiger partial charge in [-0.2, -0.15) is 0 Å². The van der Waals surface area contributed by atoms with E-state index in [4.69, 9.17) is 4.74 Å². The Balaban J connectivity index is 2.33. The Morgan fingerprint density at radius 3 is 2.36 bits per heavy atom. The van der Waals surface area contributed by atoms with Crippen LogP contribution in [0.1, 0.15) is 25.0 Å². The van der Waals surface area contributed by atoms with Gasteiger partial charge in [-0.05, 0) is 43.7 Å². The minimum absolute atomic E-state index is 0.0596. The number of Topliss-reactive ketones (excluding diaryl/α,β-unsaturated/α-hetero) is 1. The molecule has 0 aliphatic carbocycles. The van der Waals surface area contributed by atoms with Gasteiger partial charge in [0.2, 0.25) is 5.78 Å². The molecule has 0 spiro atoms. The molecular weight excluding hydrogens is 343 g/mol. The van der Waals surface area contributed by atoms with Gasteiger partial charge < -0.3 is 4.74 Å². The average molecular weight is 360 g/mol. The maximum atomic E-state index is 13.7. The van der Waals surface area contributed by atoms with Crippen LogP contribution in [0.5, 0.6) is 0 Å². The highest BCUT2D eigenvalue weighted by molar-refractivity contribution is 7.90. The highest BCUT2D eigenvalue weighted by atomic mass is 32.2. The topological polar surface area (TPSA) is 60.4 Å². The van der Waals surface area contributed by atoms with E-state index in [0.29, 0.717) is 11.1 Å². The van der Waals surface area contributed by atoms with Crippen LogP contribution in [0.15, 0.2) is 53.4 Å². The van der Waals surface area contributed by atoms with Crippen molar-refractivity contribution < 1.29 is 22.3 Å². The highest BCUT2D eigenvalue weighted by Gasteiger charge is 2.43. The van der Waals surface area contributed by atoms with E-state index in [0.717, 1.165) is 6.26 Å². The Bertz CT molecular complexity index is 1000. The average Bonchev–Trinajstić information content (AvgIpc) is 2.77. The lowest BCUT2D eigenvalue weighted by Gasteiger charge is -2.18. The molecule has 0 fully saturated rings. The fraction of sp³-hybridized carbons (Fsp3) is 0.211. The van der Waals surface area contributed by atoms with Crippen molar-refractivity contribution in [3.05, 3.63) is 65.5 Å². The molecule has 4 nitrogen and oxygen atoms in total. The first kappa shape index (κ1) is 17.4. The second kappa shape index (κ2) is 5.81. The molecule has 25 heavy (non-hydrogen) atoms. The molecular formula is C19H17FO4S. The van der Waals surface area contributed by atoms with Gasteiger partial charge in [-0.1, -0.05) is 24.3 Å². The van der Waals surface area contributed by atoms with E-state index < -0.39 is 21.3 Å². The fourth-order valence-electron chi connectivity index (χ4n) is 2.83. The second-order valence-electron chi connectivity index (χ2n) is 6.42. The number of hydrogen-bond donors (Lipinski definition) is 0. The van der Waals surface area contributed by atoms with Gasteiger partial charge in [-0.3, -0.25) is 4.79 Å². The van der Waals surface area contributed by atoms with Crippen molar-refractivity contribution in [2.75, 3.05) is 6.26 Å². The first-order valence-electron chi connectivity index (χ1n) is 7.65. The van der Waals surface area contributed by atoms with Crippen LogP contribution in [0, 0.1) is 5.82 Å². The van der Waals surface area contributed by atoms with Crippen molar-refractivity contribution in [2.45, 2.75) is 24.3 Å². The Kier molecular flexibility index (Phi) is 4.03. The molecule has 1 heterocycles. The number of sulfone groups is 1. The van der Waals surface area contributed by atoms with E-state index in [2.05, 4.69) is 0 Å². The molecule has 0 atom stereocenters. The molecule has 0 saturated carbocycles. The number of benzene rings is 2. The first-order valence-corrected chi connectivity index (χ1v) is 9.54. The molecule has 0 N–H and O–H groups in total. The molecule has 0 amide bonds. The zero-order valence-electron chi connectivity index (χ0n) is 14.0. The summed E-state index contributed by atoms with van der Waals surface area (Å²) in [5, 5.41) is 0. The Hall–Kier alpha value is -2.47. The van der Waals surface area contributed by atoms with E-state index in [-0.39, 0.29) is 22.0 Å². The zero-order valence-corrected chi connectivity index (χ0v) is 14.9. The Labute approximate surface area is 145 Å².